The van der Waals surface area contributed by atoms with E-state index in [1.807, 2.05) is 20.8 Å². The number of benzene rings is 1. The highest BCUT2D eigenvalue weighted by Gasteiger charge is 2.20. The summed E-state index contributed by atoms with van der Waals surface area (Å²) in [6, 6.07) is 4.60. The molecule has 4 nitrogen and oxygen atoms in total. The first-order valence-corrected chi connectivity index (χ1v) is 5.91. The summed E-state index contributed by atoms with van der Waals surface area (Å²) in [5.74, 6) is -0.383. The molecule has 0 aliphatic heterocycles. The van der Waals surface area contributed by atoms with Crippen LogP contribution >= 0.6 is 12.4 Å². The van der Waals surface area contributed by atoms with Gasteiger partial charge in [0, 0.05) is 12.1 Å². The Morgan fingerprint density at radius 2 is 1.78 bits per heavy atom. The lowest BCUT2D eigenvalue weighted by Crippen LogP contribution is -2.38. The monoisotopic (exact) mass is 275 g/mol. The van der Waals surface area contributed by atoms with Crippen LogP contribution in [0.5, 0.6) is 11.5 Å². The van der Waals surface area contributed by atoms with E-state index in [0.717, 1.165) is 6.42 Å². The summed E-state index contributed by atoms with van der Waals surface area (Å²) < 4.78 is 0. The molecule has 1 rings (SSSR count). The van der Waals surface area contributed by atoms with Crippen LogP contribution in [0.3, 0.4) is 0 Å². The molecular formula is C13H22ClNO3. The van der Waals surface area contributed by atoms with Gasteiger partial charge in [0.2, 0.25) is 0 Å². The first-order chi connectivity index (χ1) is 7.95. The van der Waals surface area contributed by atoms with Crippen molar-refractivity contribution in [3.8, 4) is 11.5 Å². The molecule has 0 fully saturated rings. The Morgan fingerprint density at radius 3 is 2.22 bits per heavy atom. The lowest BCUT2D eigenvalue weighted by Gasteiger charge is -2.25. The maximum Gasteiger partial charge on any atom is 0.157 e. The van der Waals surface area contributed by atoms with E-state index in [-0.39, 0.29) is 36.0 Å². The normalized spacial score (nSPS) is 14.1. The van der Waals surface area contributed by atoms with Crippen LogP contribution in [-0.4, -0.2) is 27.4 Å². The van der Waals surface area contributed by atoms with E-state index in [1.165, 1.54) is 12.1 Å². The van der Waals surface area contributed by atoms with E-state index in [0.29, 0.717) is 5.56 Å². The summed E-state index contributed by atoms with van der Waals surface area (Å²) in [6.07, 6.45) is 0.0787. The molecule has 0 saturated heterocycles. The predicted octanol–water partition coefficient (Wildman–Crippen LogP) is 2.33. The SMILES string of the molecule is CC[C@H](NC(C)C)[C@H](O)c1ccc(O)c(O)c1.Cl. The number of nitrogens with one attached hydrogen (secondary N) is 1. The van der Waals surface area contributed by atoms with E-state index >= 15 is 0 Å². The second-order valence-electron chi connectivity index (χ2n) is 4.53. The molecular weight excluding hydrogens is 254 g/mol. The van der Waals surface area contributed by atoms with Crippen molar-refractivity contribution in [3.63, 3.8) is 0 Å². The van der Waals surface area contributed by atoms with Crippen molar-refractivity contribution in [2.45, 2.75) is 45.4 Å². The maximum absolute atomic E-state index is 10.2. The summed E-state index contributed by atoms with van der Waals surface area (Å²) in [6.45, 7) is 6.02. The lowest BCUT2D eigenvalue weighted by atomic mass is 9.99. The highest BCUT2D eigenvalue weighted by atomic mass is 35.5. The number of phenols is 2. The molecule has 0 saturated carbocycles. The van der Waals surface area contributed by atoms with Crippen molar-refractivity contribution in [2.75, 3.05) is 0 Å². The number of aromatic hydroxyl groups is 2. The largest absolute Gasteiger partial charge is 0.504 e. The second-order valence-corrected chi connectivity index (χ2v) is 4.53. The Balaban J connectivity index is 0.00000289. The van der Waals surface area contributed by atoms with Crippen LogP contribution < -0.4 is 5.32 Å². The minimum absolute atomic E-state index is 0. The van der Waals surface area contributed by atoms with Crippen LogP contribution in [0, 0.1) is 0 Å². The lowest BCUT2D eigenvalue weighted by molar-refractivity contribution is 0.121. The molecule has 18 heavy (non-hydrogen) atoms. The molecule has 0 aromatic heterocycles. The minimum Gasteiger partial charge on any atom is -0.504 e. The van der Waals surface area contributed by atoms with Gasteiger partial charge < -0.3 is 20.6 Å². The molecule has 0 bridgehead atoms. The van der Waals surface area contributed by atoms with Crippen molar-refractivity contribution in [1.29, 1.82) is 0 Å². The van der Waals surface area contributed by atoms with Gasteiger partial charge in [-0.3, -0.25) is 0 Å². The van der Waals surface area contributed by atoms with E-state index in [1.54, 1.807) is 6.07 Å². The Kier molecular flexibility index (Phi) is 7.06. The molecule has 5 heteroatoms. The van der Waals surface area contributed by atoms with Crippen LogP contribution in [0.4, 0.5) is 0 Å². The molecule has 0 aliphatic rings. The Bertz CT molecular complexity index is 371. The standard InChI is InChI=1S/C13H21NO3.ClH/c1-4-10(14-8(2)3)13(17)9-5-6-11(15)12(16)7-9;/h5-8,10,13-17H,4H2,1-3H3;1H/t10-,13+;/m0./s1. The molecule has 4 N–H and O–H groups in total. The maximum atomic E-state index is 10.2. The van der Waals surface area contributed by atoms with Gasteiger partial charge in [-0.1, -0.05) is 26.8 Å². The van der Waals surface area contributed by atoms with Crippen molar-refractivity contribution < 1.29 is 15.3 Å². The third kappa shape index (κ3) is 4.37. The average molecular weight is 276 g/mol. The fourth-order valence-electron chi connectivity index (χ4n) is 1.82. The number of phenolic OH excluding ortho intramolecular Hbond substituents is 2. The van der Waals surface area contributed by atoms with Crippen molar-refractivity contribution in [3.05, 3.63) is 23.8 Å². The summed E-state index contributed by atoms with van der Waals surface area (Å²) in [4.78, 5) is 0. The Labute approximate surface area is 114 Å². The third-order valence-corrected chi connectivity index (χ3v) is 2.71. The fraction of sp³-hybridized carbons (Fsp3) is 0.538. The van der Waals surface area contributed by atoms with E-state index in [9.17, 15) is 15.3 Å². The van der Waals surface area contributed by atoms with Gasteiger partial charge in [0.1, 0.15) is 0 Å². The Hall–Kier alpha value is -0.970. The minimum atomic E-state index is -0.700. The smallest absolute Gasteiger partial charge is 0.157 e. The number of rotatable bonds is 5. The molecule has 0 amide bonds. The van der Waals surface area contributed by atoms with Gasteiger partial charge in [-0.25, -0.2) is 0 Å². The zero-order valence-electron chi connectivity index (χ0n) is 10.9. The van der Waals surface area contributed by atoms with Crippen molar-refractivity contribution in [2.24, 2.45) is 0 Å². The molecule has 0 spiro atoms. The quantitative estimate of drug-likeness (QED) is 0.623. The summed E-state index contributed by atoms with van der Waals surface area (Å²) in [7, 11) is 0. The molecule has 2 atom stereocenters. The van der Waals surface area contributed by atoms with Crippen molar-refractivity contribution in [1.82, 2.24) is 5.32 Å². The van der Waals surface area contributed by atoms with Crippen LogP contribution in [0.1, 0.15) is 38.9 Å². The highest BCUT2D eigenvalue weighted by molar-refractivity contribution is 5.85. The zero-order valence-corrected chi connectivity index (χ0v) is 11.7. The molecule has 104 valence electrons. The summed E-state index contributed by atoms with van der Waals surface area (Å²) in [5.41, 5.74) is 0.598. The van der Waals surface area contributed by atoms with Gasteiger partial charge >= 0.3 is 0 Å². The summed E-state index contributed by atoms with van der Waals surface area (Å²) >= 11 is 0. The van der Waals surface area contributed by atoms with E-state index in [4.69, 9.17) is 0 Å². The van der Waals surface area contributed by atoms with Gasteiger partial charge in [-0.15, -0.1) is 12.4 Å². The van der Waals surface area contributed by atoms with Crippen LogP contribution in [-0.2, 0) is 0 Å². The number of hydrogen-bond acceptors (Lipinski definition) is 4. The molecule has 0 unspecified atom stereocenters. The molecule has 0 radical (unpaired) electrons. The molecule has 0 aliphatic carbocycles. The second kappa shape index (κ2) is 7.46. The van der Waals surface area contributed by atoms with Crippen LogP contribution in [0.25, 0.3) is 0 Å². The number of halogens is 1. The third-order valence-electron chi connectivity index (χ3n) is 2.71. The van der Waals surface area contributed by atoms with Gasteiger partial charge in [-0.05, 0) is 24.1 Å². The van der Waals surface area contributed by atoms with Crippen molar-refractivity contribution >= 4 is 12.4 Å². The Morgan fingerprint density at radius 1 is 1.17 bits per heavy atom. The van der Waals surface area contributed by atoms with Gasteiger partial charge in [0.25, 0.3) is 0 Å². The summed E-state index contributed by atoms with van der Waals surface area (Å²) in [5, 5.41) is 32.1. The first kappa shape index (κ1) is 17.0. The van der Waals surface area contributed by atoms with Gasteiger partial charge in [0.15, 0.2) is 11.5 Å². The first-order valence-electron chi connectivity index (χ1n) is 5.91. The zero-order chi connectivity index (χ0) is 13.0. The fourth-order valence-corrected chi connectivity index (χ4v) is 1.82. The number of hydrogen-bond donors (Lipinski definition) is 4. The molecule has 1 aromatic carbocycles. The van der Waals surface area contributed by atoms with E-state index in [2.05, 4.69) is 5.32 Å². The highest BCUT2D eigenvalue weighted by Crippen LogP contribution is 2.29. The molecule has 1 aromatic rings. The predicted molar refractivity (Wildman–Crippen MR) is 74.3 cm³/mol. The number of aliphatic hydroxyl groups excluding tert-OH is 1. The van der Waals surface area contributed by atoms with Crippen LogP contribution in [0.15, 0.2) is 18.2 Å². The topological polar surface area (TPSA) is 72.7 Å². The van der Waals surface area contributed by atoms with E-state index < -0.39 is 6.10 Å². The van der Waals surface area contributed by atoms with Crippen LogP contribution in [0.2, 0.25) is 0 Å². The average Bonchev–Trinajstić information content (AvgIpc) is 2.28. The van der Waals surface area contributed by atoms with Gasteiger partial charge in [-0.2, -0.15) is 0 Å². The number of aliphatic hydroxyl groups is 1. The van der Waals surface area contributed by atoms with Gasteiger partial charge in [0.05, 0.1) is 6.10 Å². The molecule has 0 heterocycles.